The summed E-state index contributed by atoms with van der Waals surface area (Å²) in [7, 11) is 0. The van der Waals surface area contributed by atoms with E-state index in [0.29, 0.717) is 17.7 Å². The molecule has 0 bridgehead atoms. The summed E-state index contributed by atoms with van der Waals surface area (Å²) in [5.41, 5.74) is 0.423. The summed E-state index contributed by atoms with van der Waals surface area (Å²) in [6.45, 7) is 0.287. The number of nitrogens with one attached hydrogen (secondary N) is 2. The van der Waals surface area contributed by atoms with Gasteiger partial charge in [0.1, 0.15) is 11.8 Å². The third-order valence-corrected chi connectivity index (χ3v) is 3.75. The maximum Gasteiger partial charge on any atom is 0.326 e. The Hall–Kier alpha value is -3.62. The van der Waals surface area contributed by atoms with Gasteiger partial charge < -0.3 is 25.3 Å². The molecule has 4 N–H and O–H groups in total. The fourth-order valence-electron chi connectivity index (χ4n) is 2.40. The highest BCUT2D eigenvalue weighted by atomic mass is 16.4. The van der Waals surface area contributed by atoms with E-state index >= 15 is 0 Å². The van der Waals surface area contributed by atoms with E-state index in [4.69, 9.17) is 14.6 Å². The van der Waals surface area contributed by atoms with E-state index in [1.165, 1.54) is 12.3 Å². The third-order valence-electron chi connectivity index (χ3n) is 3.75. The van der Waals surface area contributed by atoms with Crippen LogP contribution in [0.3, 0.4) is 0 Å². The summed E-state index contributed by atoms with van der Waals surface area (Å²) in [4.78, 5) is 45.8. The molecule has 142 valence electrons. The lowest BCUT2D eigenvalue weighted by Crippen LogP contribution is -2.41. The second kappa shape index (κ2) is 9.18. The zero-order chi connectivity index (χ0) is 19.8. The number of hydrogen-bond acceptors (Lipinski definition) is 6. The Morgan fingerprint density at radius 2 is 1.93 bits per heavy atom. The Bertz CT molecular complexity index is 830. The Labute approximate surface area is 154 Å². The van der Waals surface area contributed by atoms with Crippen LogP contribution in [0.2, 0.25) is 0 Å². The molecule has 1 heterocycles. The highest BCUT2D eigenvalue weighted by Gasteiger charge is 2.23. The lowest BCUT2D eigenvalue weighted by molar-refractivity contribution is -0.140. The zero-order valence-corrected chi connectivity index (χ0v) is 14.2. The van der Waals surface area contributed by atoms with Crippen molar-refractivity contribution in [3.63, 3.8) is 0 Å². The maximum atomic E-state index is 12.4. The molecule has 1 atom stereocenters. The number of carbonyl (C=O) groups is 4. The van der Waals surface area contributed by atoms with Crippen molar-refractivity contribution in [3.8, 4) is 0 Å². The van der Waals surface area contributed by atoms with Crippen LogP contribution in [0, 0.1) is 0 Å². The van der Waals surface area contributed by atoms with Gasteiger partial charge in [-0.15, -0.1) is 0 Å². The summed E-state index contributed by atoms with van der Waals surface area (Å²) < 4.78 is 5.19. The van der Waals surface area contributed by atoms with E-state index in [1.807, 2.05) is 0 Å². The van der Waals surface area contributed by atoms with E-state index in [1.54, 1.807) is 24.3 Å². The highest BCUT2D eigenvalue weighted by Crippen LogP contribution is 2.20. The van der Waals surface area contributed by atoms with E-state index in [2.05, 4.69) is 10.6 Å². The molecule has 1 amide bonds. The van der Waals surface area contributed by atoms with Gasteiger partial charge >= 0.3 is 11.9 Å². The van der Waals surface area contributed by atoms with Crippen LogP contribution < -0.4 is 10.6 Å². The van der Waals surface area contributed by atoms with Crippen LogP contribution in [0.4, 0.5) is 5.69 Å². The SMILES string of the molecule is O=Cc1c(NCc2ccco2)cccc1C(=O)NC(CCC(=O)O)C(=O)O. The quantitative estimate of drug-likeness (QED) is 0.460. The first-order chi connectivity index (χ1) is 12.9. The number of amides is 1. The molecule has 9 nitrogen and oxygen atoms in total. The number of rotatable bonds is 10. The number of carboxylic acids is 2. The predicted molar refractivity (Wildman–Crippen MR) is 93.6 cm³/mol. The maximum absolute atomic E-state index is 12.4. The van der Waals surface area contributed by atoms with Crippen molar-refractivity contribution in [2.24, 2.45) is 0 Å². The zero-order valence-electron chi connectivity index (χ0n) is 14.2. The fourth-order valence-corrected chi connectivity index (χ4v) is 2.40. The van der Waals surface area contributed by atoms with Gasteiger partial charge in [-0.1, -0.05) is 6.07 Å². The van der Waals surface area contributed by atoms with Gasteiger partial charge in [0.25, 0.3) is 5.91 Å². The monoisotopic (exact) mass is 374 g/mol. The summed E-state index contributed by atoms with van der Waals surface area (Å²) >= 11 is 0. The lowest BCUT2D eigenvalue weighted by Gasteiger charge is -2.16. The summed E-state index contributed by atoms with van der Waals surface area (Å²) in [6, 6.07) is 6.59. The van der Waals surface area contributed by atoms with Crippen LogP contribution >= 0.6 is 0 Å². The fraction of sp³-hybridized carbons (Fsp3) is 0.222. The number of carbonyl (C=O) groups excluding carboxylic acids is 2. The van der Waals surface area contributed by atoms with Gasteiger partial charge in [-0.3, -0.25) is 14.4 Å². The van der Waals surface area contributed by atoms with Gasteiger partial charge in [0, 0.05) is 12.1 Å². The first-order valence-corrected chi connectivity index (χ1v) is 8.02. The van der Waals surface area contributed by atoms with Crippen molar-refractivity contribution in [1.29, 1.82) is 0 Å². The topological polar surface area (TPSA) is 146 Å². The summed E-state index contributed by atoms with van der Waals surface area (Å²) in [6.07, 6.45) is 1.31. The average Bonchev–Trinajstić information content (AvgIpc) is 3.15. The van der Waals surface area contributed by atoms with E-state index in [9.17, 15) is 19.2 Å². The molecule has 0 saturated heterocycles. The summed E-state index contributed by atoms with van der Waals surface area (Å²) in [5, 5.41) is 23.1. The van der Waals surface area contributed by atoms with E-state index in [-0.39, 0.29) is 24.1 Å². The molecule has 2 rings (SSSR count). The van der Waals surface area contributed by atoms with Crippen molar-refractivity contribution >= 4 is 29.8 Å². The molecule has 0 saturated carbocycles. The molecular formula is C18H18N2O7. The van der Waals surface area contributed by atoms with Crippen molar-refractivity contribution in [3.05, 3.63) is 53.5 Å². The van der Waals surface area contributed by atoms with Crippen molar-refractivity contribution in [1.82, 2.24) is 5.32 Å². The van der Waals surface area contributed by atoms with Crippen molar-refractivity contribution < 1.29 is 33.8 Å². The molecule has 27 heavy (non-hydrogen) atoms. The van der Waals surface area contributed by atoms with Gasteiger partial charge in [-0.2, -0.15) is 0 Å². The molecule has 0 radical (unpaired) electrons. The van der Waals surface area contributed by atoms with Gasteiger partial charge in [-0.25, -0.2) is 4.79 Å². The van der Waals surface area contributed by atoms with E-state index < -0.39 is 30.3 Å². The Morgan fingerprint density at radius 3 is 2.52 bits per heavy atom. The molecule has 0 aliphatic carbocycles. The van der Waals surface area contributed by atoms with Crippen LogP contribution in [-0.4, -0.2) is 40.4 Å². The minimum absolute atomic E-state index is 0.0176. The first kappa shape index (κ1) is 19.7. The molecule has 0 aliphatic rings. The molecule has 1 aromatic carbocycles. The molecule has 1 unspecified atom stereocenters. The number of anilines is 1. The average molecular weight is 374 g/mol. The number of carboxylic acid groups (broad SMARTS) is 2. The van der Waals surface area contributed by atoms with Crippen LogP contribution in [0.15, 0.2) is 41.0 Å². The minimum atomic E-state index is -1.38. The Morgan fingerprint density at radius 1 is 1.15 bits per heavy atom. The second-order valence-corrected chi connectivity index (χ2v) is 5.61. The summed E-state index contributed by atoms with van der Waals surface area (Å²) in [5.74, 6) is -2.68. The van der Waals surface area contributed by atoms with Crippen LogP contribution in [0.5, 0.6) is 0 Å². The smallest absolute Gasteiger partial charge is 0.326 e. The highest BCUT2D eigenvalue weighted by molar-refractivity contribution is 6.05. The number of benzene rings is 1. The standard InChI is InChI=1S/C18H18N2O7/c21-10-13-12(17(24)20-15(18(25)26)6-7-16(22)23)4-1-5-14(13)19-9-11-3-2-8-27-11/h1-5,8,10,15,19H,6-7,9H2,(H,20,24)(H,22,23)(H,25,26). The molecule has 0 aliphatic heterocycles. The number of aliphatic carboxylic acids is 2. The van der Waals surface area contributed by atoms with Crippen molar-refractivity contribution in [2.75, 3.05) is 5.32 Å². The number of aldehydes is 1. The minimum Gasteiger partial charge on any atom is -0.481 e. The Balaban J connectivity index is 2.16. The van der Waals surface area contributed by atoms with Gasteiger partial charge in [0.05, 0.1) is 23.9 Å². The van der Waals surface area contributed by atoms with Gasteiger partial charge in [-0.05, 0) is 30.7 Å². The third kappa shape index (κ3) is 5.43. The Kier molecular flexibility index (Phi) is 6.70. The van der Waals surface area contributed by atoms with Gasteiger partial charge in [0.2, 0.25) is 0 Å². The molecule has 1 aromatic heterocycles. The van der Waals surface area contributed by atoms with E-state index in [0.717, 1.165) is 0 Å². The molecular weight excluding hydrogens is 356 g/mol. The molecule has 9 heteroatoms. The predicted octanol–water partition coefficient (Wildman–Crippen LogP) is 1.75. The number of hydrogen-bond donors (Lipinski definition) is 4. The normalized spacial score (nSPS) is 11.4. The number of furan rings is 1. The van der Waals surface area contributed by atoms with Gasteiger partial charge in [0.15, 0.2) is 6.29 Å². The van der Waals surface area contributed by atoms with Crippen LogP contribution in [0.1, 0.15) is 39.3 Å². The van der Waals surface area contributed by atoms with Crippen LogP contribution in [-0.2, 0) is 16.1 Å². The lowest BCUT2D eigenvalue weighted by atomic mass is 10.0. The molecule has 0 fully saturated rings. The largest absolute Gasteiger partial charge is 0.481 e. The van der Waals surface area contributed by atoms with Crippen molar-refractivity contribution in [2.45, 2.75) is 25.4 Å². The first-order valence-electron chi connectivity index (χ1n) is 8.02. The second-order valence-electron chi connectivity index (χ2n) is 5.61. The van der Waals surface area contributed by atoms with Crippen LogP contribution in [0.25, 0.3) is 0 Å². The molecule has 2 aromatic rings. The molecule has 0 spiro atoms.